The summed E-state index contributed by atoms with van der Waals surface area (Å²) in [5.41, 5.74) is 0.593. The molecule has 14 heavy (non-hydrogen) atoms. The summed E-state index contributed by atoms with van der Waals surface area (Å²) in [5, 5.41) is 27.4. The van der Waals surface area contributed by atoms with Crippen molar-refractivity contribution in [2.45, 2.75) is 18.6 Å². The maximum Gasteiger partial charge on any atom is 0.107 e. The van der Waals surface area contributed by atoms with Crippen LogP contribution in [0, 0.1) is 11.3 Å². The van der Waals surface area contributed by atoms with Crippen molar-refractivity contribution in [2.75, 3.05) is 0 Å². The number of hydrogen-bond donors (Lipinski definition) is 2. The Morgan fingerprint density at radius 2 is 2.00 bits per heavy atom. The van der Waals surface area contributed by atoms with Gasteiger partial charge >= 0.3 is 0 Å². The lowest BCUT2D eigenvalue weighted by molar-refractivity contribution is 0.0212. The zero-order chi connectivity index (χ0) is 10.6. The molecule has 3 nitrogen and oxygen atoms in total. The Kier molecular flexibility index (Phi) is 4.08. The molecular weight excluding hydrogens is 246 g/mol. The van der Waals surface area contributed by atoms with Gasteiger partial charge in [0.05, 0.1) is 18.6 Å². The maximum atomic E-state index is 9.67. The van der Waals surface area contributed by atoms with Gasteiger partial charge in [-0.05, 0) is 11.6 Å². The lowest BCUT2D eigenvalue weighted by atomic mass is 10.0. The monoisotopic (exact) mass is 255 g/mol. The molecule has 74 valence electrons. The first-order valence-electron chi connectivity index (χ1n) is 4.14. The first kappa shape index (κ1) is 11.2. The zero-order valence-electron chi connectivity index (χ0n) is 7.39. The van der Waals surface area contributed by atoms with E-state index in [0.717, 1.165) is 4.47 Å². The Morgan fingerprint density at radius 3 is 2.57 bits per heavy atom. The number of halogens is 1. The van der Waals surface area contributed by atoms with E-state index in [0.29, 0.717) is 5.56 Å². The third kappa shape index (κ3) is 2.55. The highest BCUT2D eigenvalue weighted by molar-refractivity contribution is 9.10. The third-order valence-corrected chi connectivity index (χ3v) is 2.61. The normalized spacial score (nSPS) is 14.4. The second-order valence-corrected chi connectivity index (χ2v) is 3.75. The van der Waals surface area contributed by atoms with Gasteiger partial charge in [-0.3, -0.25) is 0 Å². The largest absolute Gasteiger partial charge is 0.389 e. The molecule has 0 aromatic heterocycles. The fourth-order valence-corrected chi connectivity index (χ4v) is 1.65. The van der Waals surface area contributed by atoms with Crippen molar-refractivity contribution in [1.29, 1.82) is 5.26 Å². The first-order chi connectivity index (χ1) is 6.66. The maximum absolute atomic E-state index is 9.67. The van der Waals surface area contributed by atoms with Crippen LogP contribution in [0.3, 0.4) is 0 Å². The highest BCUT2D eigenvalue weighted by Crippen LogP contribution is 2.26. The Bertz CT molecular complexity index is 348. The van der Waals surface area contributed by atoms with Gasteiger partial charge in [-0.15, -0.1) is 0 Å². The summed E-state index contributed by atoms with van der Waals surface area (Å²) in [6.07, 6.45) is -2.15. The van der Waals surface area contributed by atoms with E-state index < -0.39 is 12.2 Å². The molecule has 0 aliphatic rings. The molecule has 0 spiro atoms. The summed E-state index contributed by atoms with van der Waals surface area (Å²) >= 11 is 3.26. The van der Waals surface area contributed by atoms with Crippen molar-refractivity contribution in [2.24, 2.45) is 0 Å². The van der Waals surface area contributed by atoms with E-state index in [4.69, 9.17) is 5.26 Å². The number of rotatable bonds is 3. The number of nitrogens with zero attached hydrogens (tertiary/aromatic N) is 1. The van der Waals surface area contributed by atoms with E-state index >= 15 is 0 Å². The Hall–Kier alpha value is -0.890. The molecule has 0 aliphatic carbocycles. The molecule has 0 radical (unpaired) electrons. The summed E-state index contributed by atoms with van der Waals surface area (Å²) in [6, 6.07) is 8.87. The van der Waals surface area contributed by atoms with E-state index in [1.807, 2.05) is 12.1 Å². The number of benzene rings is 1. The minimum atomic E-state index is -1.04. The van der Waals surface area contributed by atoms with Crippen LogP contribution in [0.1, 0.15) is 18.1 Å². The van der Waals surface area contributed by atoms with E-state index in [2.05, 4.69) is 15.9 Å². The second-order valence-electron chi connectivity index (χ2n) is 2.90. The molecule has 1 rings (SSSR count). The molecule has 0 aliphatic heterocycles. The first-order valence-corrected chi connectivity index (χ1v) is 4.93. The molecule has 2 atom stereocenters. The van der Waals surface area contributed by atoms with Crippen molar-refractivity contribution < 1.29 is 10.2 Å². The molecular formula is C10H10BrNO2. The fourth-order valence-electron chi connectivity index (χ4n) is 1.13. The fraction of sp³-hybridized carbons (Fsp3) is 0.300. The second kappa shape index (κ2) is 5.11. The molecule has 0 heterocycles. The molecule has 0 saturated carbocycles. The average molecular weight is 256 g/mol. The Labute approximate surface area is 90.7 Å². The van der Waals surface area contributed by atoms with E-state index in [-0.39, 0.29) is 6.42 Å². The van der Waals surface area contributed by atoms with Crippen LogP contribution in [-0.2, 0) is 0 Å². The van der Waals surface area contributed by atoms with Crippen molar-refractivity contribution in [3.05, 3.63) is 34.3 Å². The summed E-state index contributed by atoms with van der Waals surface area (Å²) in [7, 11) is 0. The quantitative estimate of drug-likeness (QED) is 0.865. The zero-order valence-corrected chi connectivity index (χ0v) is 8.98. The van der Waals surface area contributed by atoms with E-state index in [1.54, 1.807) is 18.2 Å². The van der Waals surface area contributed by atoms with Gasteiger partial charge in [0.1, 0.15) is 6.10 Å². The van der Waals surface area contributed by atoms with Gasteiger partial charge in [-0.1, -0.05) is 34.1 Å². The van der Waals surface area contributed by atoms with Crippen molar-refractivity contribution >= 4 is 15.9 Å². The Balaban J connectivity index is 2.84. The molecule has 1 aromatic carbocycles. The lowest BCUT2D eigenvalue weighted by Gasteiger charge is -2.16. The van der Waals surface area contributed by atoms with Crippen molar-refractivity contribution in [3.8, 4) is 6.07 Å². The van der Waals surface area contributed by atoms with E-state index in [9.17, 15) is 10.2 Å². The summed E-state index contributed by atoms with van der Waals surface area (Å²) in [6.45, 7) is 0. The van der Waals surface area contributed by atoms with Crippen molar-refractivity contribution in [1.82, 2.24) is 0 Å². The van der Waals surface area contributed by atoms with Gasteiger partial charge in [0, 0.05) is 4.47 Å². The number of aliphatic hydroxyl groups excluding tert-OH is 2. The highest BCUT2D eigenvalue weighted by Gasteiger charge is 2.19. The van der Waals surface area contributed by atoms with Crippen LogP contribution in [0.2, 0.25) is 0 Å². The van der Waals surface area contributed by atoms with Crippen molar-refractivity contribution in [3.63, 3.8) is 0 Å². The molecule has 0 amide bonds. The van der Waals surface area contributed by atoms with Crippen LogP contribution in [0.5, 0.6) is 0 Å². The summed E-state index contributed by atoms with van der Waals surface area (Å²) < 4.78 is 0.726. The molecule has 0 fully saturated rings. The smallest absolute Gasteiger partial charge is 0.107 e. The van der Waals surface area contributed by atoms with E-state index in [1.165, 1.54) is 0 Å². The predicted molar refractivity (Wildman–Crippen MR) is 55.3 cm³/mol. The third-order valence-electron chi connectivity index (χ3n) is 1.89. The number of hydrogen-bond acceptors (Lipinski definition) is 3. The topological polar surface area (TPSA) is 64.2 Å². The lowest BCUT2D eigenvalue weighted by Crippen LogP contribution is -2.17. The highest BCUT2D eigenvalue weighted by atomic mass is 79.9. The molecule has 0 saturated heterocycles. The van der Waals surface area contributed by atoms with Gasteiger partial charge in [0.25, 0.3) is 0 Å². The number of nitriles is 1. The van der Waals surface area contributed by atoms with Gasteiger partial charge < -0.3 is 10.2 Å². The number of aliphatic hydroxyl groups is 2. The minimum absolute atomic E-state index is 0.0809. The minimum Gasteiger partial charge on any atom is -0.389 e. The standard InChI is InChI=1S/C10H10BrNO2/c11-8-4-2-1-3-7(8)10(14)9(13)5-6-12/h1-4,9-10,13-14H,5H2. The average Bonchev–Trinajstić information content (AvgIpc) is 2.18. The Morgan fingerprint density at radius 1 is 1.36 bits per heavy atom. The predicted octanol–water partition coefficient (Wildman–Crippen LogP) is 1.76. The van der Waals surface area contributed by atoms with Crippen LogP contribution in [0.25, 0.3) is 0 Å². The van der Waals surface area contributed by atoms with Crippen LogP contribution in [-0.4, -0.2) is 16.3 Å². The van der Waals surface area contributed by atoms with Gasteiger partial charge in [0.15, 0.2) is 0 Å². The SMILES string of the molecule is N#CCC(O)C(O)c1ccccc1Br. The van der Waals surface area contributed by atoms with Crippen LogP contribution in [0.15, 0.2) is 28.7 Å². The molecule has 2 unspecified atom stereocenters. The molecule has 4 heteroatoms. The summed E-state index contributed by atoms with van der Waals surface area (Å²) in [5.74, 6) is 0. The molecule has 1 aromatic rings. The van der Waals surface area contributed by atoms with Crippen LogP contribution in [0.4, 0.5) is 0 Å². The van der Waals surface area contributed by atoms with Gasteiger partial charge in [-0.25, -0.2) is 0 Å². The van der Waals surface area contributed by atoms with Gasteiger partial charge in [0.2, 0.25) is 0 Å². The van der Waals surface area contributed by atoms with Gasteiger partial charge in [-0.2, -0.15) is 5.26 Å². The molecule has 2 N–H and O–H groups in total. The molecule has 0 bridgehead atoms. The van der Waals surface area contributed by atoms with Crippen LogP contribution < -0.4 is 0 Å². The van der Waals surface area contributed by atoms with Crippen LogP contribution >= 0.6 is 15.9 Å². The summed E-state index contributed by atoms with van der Waals surface area (Å²) in [4.78, 5) is 0.